The van der Waals surface area contributed by atoms with Gasteiger partial charge in [-0.25, -0.2) is 0 Å². The highest BCUT2D eigenvalue weighted by Gasteiger charge is 2.27. The van der Waals surface area contributed by atoms with Crippen molar-refractivity contribution in [2.45, 2.75) is 51.5 Å². The zero-order chi connectivity index (χ0) is 15.2. The zero-order valence-electron chi connectivity index (χ0n) is 13.5. The molecule has 1 aliphatic rings. The minimum Gasteiger partial charge on any atom is -0.496 e. The van der Waals surface area contributed by atoms with Crippen molar-refractivity contribution in [1.29, 1.82) is 0 Å². The number of benzene rings is 1. The van der Waals surface area contributed by atoms with E-state index in [1.165, 1.54) is 37.7 Å². The van der Waals surface area contributed by atoms with Crippen LogP contribution in [0.4, 0.5) is 0 Å². The summed E-state index contributed by atoms with van der Waals surface area (Å²) in [6.45, 7) is 2.33. The highest BCUT2D eigenvalue weighted by atomic mass is 79.9. The lowest BCUT2D eigenvalue weighted by atomic mass is 9.75. The van der Waals surface area contributed by atoms with Crippen molar-refractivity contribution in [1.82, 2.24) is 5.32 Å². The third-order valence-electron chi connectivity index (χ3n) is 5.02. The van der Waals surface area contributed by atoms with Crippen molar-refractivity contribution in [3.63, 3.8) is 0 Å². The second-order valence-electron chi connectivity index (χ2n) is 6.26. The fourth-order valence-electron chi connectivity index (χ4n) is 3.72. The molecule has 1 N–H and O–H groups in total. The van der Waals surface area contributed by atoms with Gasteiger partial charge in [-0.1, -0.05) is 42.1 Å². The van der Waals surface area contributed by atoms with Gasteiger partial charge in [-0.2, -0.15) is 0 Å². The molecule has 0 bridgehead atoms. The first-order chi connectivity index (χ1) is 10.2. The monoisotopic (exact) mass is 353 g/mol. The molecule has 0 radical (unpaired) electrons. The van der Waals surface area contributed by atoms with Gasteiger partial charge < -0.3 is 10.1 Å². The molecule has 1 saturated carbocycles. The Morgan fingerprint density at radius 2 is 2.19 bits per heavy atom. The van der Waals surface area contributed by atoms with Crippen LogP contribution in [0, 0.1) is 11.8 Å². The number of likely N-dealkylation sites (N-methyl/N-ethyl adjacent to an activating group) is 1. The molecule has 21 heavy (non-hydrogen) atoms. The summed E-state index contributed by atoms with van der Waals surface area (Å²) in [4.78, 5) is 0. The molecule has 0 aromatic heterocycles. The number of hydrogen-bond donors (Lipinski definition) is 1. The lowest BCUT2D eigenvalue weighted by Gasteiger charge is -2.34. The van der Waals surface area contributed by atoms with E-state index in [0.29, 0.717) is 6.04 Å². The van der Waals surface area contributed by atoms with Gasteiger partial charge in [0.15, 0.2) is 0 Å². The van der Waals surface area contributed by atoms with Crippen molar-refractivity contribution in [2.24, 2.45) is 11.8 Å². The van der Waals surface area contributed by atoms with Gasteiger partial charge in [0.25, 0.3) is 0 Å². The smallest absolute Gasteiger partial charge is 0.122 e. The quantitative estimate of drug-likeness (QED) is 0.792. The van der Waals surface area contributed by atoms with Crippen molar-refractivity contribution < 1.29 is 4.74 Å². The number of methoxy groups -OCH3 is 1. The van der Waals surface area contributed by atoms with Crippen LogP contribution < -0.4 is 10.1 Å². The van der Waals surface area contributed by atoms with Gasteiger partial charge in [0.05, 0.1) is 7.11 Å². The van der Waals surface area contributed by atoms with Crippen LogP contribution in [-0.4, -0.2) is 20.2 Å². The maximum Gasteiger partial charge on any atom is 0.122 e. The molecule has 118 valence electrons. The van der Waals surface area contributed by atoms with Gasteiger partial charge >= 0.3 is 0 Å². The summed E-state index contributed by atoms with van der Waals surface area (Å²) < 4.78 is 6.65. The molecule has 1 aromatic rings. The predicted octanol–water partition coefficient (Wildman–Crippen LogP) is 4.80. The SMILES string of the molecule is CCC1CCCC(C(Cc2cc(Br)ccc2OC)NC)C1. The molecule has 3 unspecified atom stereocenters. The van der Waals surface area contributed by atoms with Crippen LogP contribution in [-0.2, 0) is 6.42 Å². The van der Waals surface area contributed by atoms with E-state index < -0.39 is 0 Å². The van der Waals surface area contributed by atoms with E-state index in [2.05, 4.69) is 47.4 Å². The Balaban J connectivity index is 2.09. The van der Waals surface area contributed by atoms with Gasteiger partial charge in [0, 0.05) is 10.5 Å². The molecule has 3 heteroatoms. The van der Waals surface area contributed by atoms with Gasteiger partial charge in [-0.05, 0) is 61.9 Å². The average Bonchev–Trinajstić information content (AvgIpc) is 2.52. The van der Waals surface area contributed by atoms with Gasteiger partial charge in [0.1, 0.15) is 5.75 Å². The predicted molar refractivity (Wildman–Crippen MR) is 93.0 cm³/mol. The molecule has 1 aliphatic carbocycles. The molecule has 0 aliphatic heterocycles. The fourth-order valence-corrected chi connectivity index (χ4v) is 4.13. The summed E-state index contributed by atoms with van der Waals surface area (Å²) in [5.74, 6) is 2.71. The minimum atomic E-state index is 0.544. The van der Waals surface area contributed by atoms with Crippen molar-refractivity contribution in [2.75, 3.05) is 14.2 Å². The highest BCUT2D eigenvalue weighted by molar-refractivity contribution is 9.10. The van der Waals surface area contributed by atoms with E-state index in [1.807, 2.05) is 6.07 Å². The Labute approximate surface area is 137 Å². The van der Waals surface area contributed by atoms with Crippen LogP contribution >= 0.6 is 15.9 Å². The normalized spacial score (nSPS) is 23.8. The second-order valence-corrected chi connectivity index (χ2v) is 7.17. The Bertz CT molecular complexity index is 449. The first kappa shape index (κ1) is 16.8. The number of nitrogens with one attached hydrogen (secondary N) is 1. The topological polar surface area (TPSA) is 21.3 Å². The Hall–Kier alpha value is -0.540. The van der Waals surface area contributed by atoms with Crippen molar-refractivity contribution >= 4 is 15.9 Å². The Kier molecular flexibility index (Phi) is 6.56. The highest BCUT2D eigenvalue weighted by Crippen LogP contribution is 2.35. The summed E-state index contributed by atoms with van der Waals surface area (Å²) in [5, 5.41) is 3.56. The van der Waals surface area contributed by atoms with E-state index in [0.717, 1.165) is 28.5 Å². The summed E-state index contributed by atoms with van der Waals surface area (Å²) >= 11 is 3.58. The Morgan fingerprint density at radius 1 is 1.38 bits per heavy atom. The van der Waals surface area contributed by atoms with Gasteiger partial charge in [-0.15, -0.1) is 0 Å². The van der Waals surface area contributed by atoms with E-state index in [-0.39, 0.29) is 0 Å². The summed E-state index contributed by atoms with van der Waals surface area (Å²) in [6.07, 6.45) is 7.91. The first-order valence-corrected chi connectivity index (χ1v) is 8.96. The van der Waals surface area contributed by atoms with Crippen LogP contribution in [0.5, 0.6) is 5.75 Å². The third kappa shape index (κ3) is 4.46. The van der Waals surface area contributed by atoms with E-state index >= 15 is 0 Å². The standard InChI is InChI=1S/C18H28BrNO/c1-4-13-6-5-7-14(10-13)17(20-2)12-15-11-16(19)8-9-18(15)21-3/h8-9,11,13-14,17,20H,4-7,10,12H2,1-3H3. The number of halogens is 1. The molecule has 2 rings (SSSR count). The largest absolute Gasteiger partial charge is 0.496 e. The molecule has 0 heterocycles. The molecule has 1 aromatic carbocycles. The molecule has 0 amide bonds. The van der Waals surface area contributed by atoms with Crippen molar-refractivity contribution in [3.8, 4) is 5.75 Å². The van der Waals surface area contributed by atoms with E-state index in [4.69, 9.17) is 4.74 Å². The minimum absolute atomic E-state index is 0.544. The molecule has 2 nitrogen and oxygen atoms in total. The maximum atomic E-state index is 5.53. The lowest BCUT2D eigenvalue weighted by molar-refractivity contribution is 0.212. The second kappa shape index (κ2) is 8.19. The molecular weight excluding hydrogens is 326 g/mol. The Morgan fingerprint density at radius 3 is 2.86 bits per heavy atom. The lowest BCUT2D eigenvalue weighted by Crippen LogP contribution is -2.38. The average molecular weight is 354 g/mol. The molecule has 1 fully saturated rings. The van der Waals surface area contributed by atoms with Gasteiger partial charge in [-0.3, -0.25) is 0 Å². The van der Waals surface area contributed by atoms with Crippen LogP contribution in [0.2, 0.25) is 0 Å². The van der Waals surface area contributed by atoms with E-state index in [9.17, 15) is 0 Å². The van der Waals surface area contributed by atoms with Crippen LogP contribution in [0.3, 0.4) is 0 Å². The van der Waals surface area contributed by atoms with Gasteiger partial charge in [0.2, 0.25) is 0 Å². The third-order valence-corrected chi connectivity index (χ3v) is 5.52. The fraction of sp³-hybridized carbons (Fsp3) is 0.667. The van der Waals surface area contributed by atoms with Crippen LogP contribution in [0.25, 0.3) is 0 Å². The summed E-state index contributed by atoms with van der Waals surface area (Å²) in [7, 11) is 3.86. The van der Waals surface area contributed by atoms with Crippen LogP contribution in [0.1, 0.15) is 44.6 Å². The number of rotatable bonds is 6. The first-order valence-electron chi connectivity index (χ1n) is 8.17. The number of ether oxygens (including phenoxy) is 1. The molecular formula is C18H28BrNO. The summed E-state index contributed by atoms with van der Waals surface area (Å²) in [6, 6.07) is 6.85. The summed E-state index contributed by atoms with van der Waals surface area (Å²) in [5.41, 5.74) is 1.30. The maximum absolute atomic E-state index is 5.53. The molecule has 0 saturated heterocycles. The van der Waals surface area contributed by atoms with Crippen molar-refractivity contribution in [3.05, 3.63) is 28.2 Å². The molecule has 3 atom stereocenters. The zero-order valence-corrected chi connectivity index (χ0v) is 15.1. The number of hydrogen-bond acceptors (Lipinski definition) is 2. The van der Waals surface area contributed by atoms with Crippen LogP contribution in [0.15, 0.2) is 22.7 Å². The van der Waals surface area contributed by atoms with E-state index in [1.54, 1.807) is 7.11 Å². The molecule has 0 spiro atoms.